The molecule has 2 atom stereocenters. The van der Waals surface area contributed by atoms with Crippen LogP contribution < -0.4 is 10.5 Å². The Morgan fingerprint density at radius 2 is 2.18 bits per heavy atom. The van der Waals surface area contributed by atoms with E-state index in [1.807, 2.05) is 26.0 Å². The van der Waals surface area contributed by atoms with Crippen molar-refractivity contribution >= 4 is 5.91 Å². The Morgan fingerprint density at radius 3 is 2.65 bits per heavy atom. The minimum absolute atomic E-state index is 0.496. The standard InChI is InChI=1S/C13H19NO3/c1-4-11(13(14)16)17-12-6-5-8(2)7-10(12)9(3)15/h5-7,9,11,15H,4H2,1-3H3,(H2,14,16). The van der Waals surface area contributed by atoms with Gasteiger partial charge in [0.05, 0.1) is 6.10 Å². The summed E-state index contributed by atoms with van der Waals surface area (Å²) < 4.78 is 5.54. The van der Waals surface area contributed by atoms with Crippen LogP contribution in [-0.2, 0) is 4.79 Å². The third-order valence-corrected chi connectivity index (χ3v) is 2.57. The molecule has 17 heavy (non-hydrogen) atoms. The molecule has 4 nitrogen and oxygen atoms in total. The van der Waals surface area contributed by atoms with Gasteiger partial charge in [-0.1, -0.05) is 18.6 Å². The molecule has 4 heteroatoms. The van der Waals surface area contributed by atoms with E-state index in [0.717, 1.165) is 5.56 Å². The highest BCUT2D eigenvalue weighted by Gasteiger charge is 2.18. The minimum atomic E-state index is -0.657. The van der Waals surface area contributed by atoms with Crippen molar-refractivity contribution in [3.63, 3.8) is 0 Å². The fourth-order valence-electron chi connectivity index (χ4n) is 1.60. The Balaban J connectivity index is 3.01. The molecule has 3 N–H and O–H groups in total. The first-order valence-electron chi connectivity index (χ1n) is 5.70. The van der Waals surface area contributed by atoms with Gasteiger partial charge in [0.15, 0.2) is 6.10 Å². The number of rotatable bonds is 5. The Bertz CT molecular complexity index is 402. The van der Waals surface area contributed by atoms with Crippen LogP contribution >= 0.6 is 0 Å². The van der Waals surface area contributed by atoms with E-state index in [9.17, 15) is 9.90 Å². The van der Waals surface area contributed by atoms with Crippen molar-refractivity contribution in [3.05, 3.63) is 29.3 Å². The SMILES string of the molecule is CCC(Oc1ccc(C)cc1C(C)O)C(N)=O. The number of amides is 1. The van der Waals surface area contributed by atoms with Gasteiger partial charge in [-0.15, -0.1) is 0 Å². The third kappa shape index (κ3) is 3.46. The zero-order valence-electron chi connectivity index (χ0n) is 10.4. The van der Waals surface area contributed by atoms with Crippen molar-refractivity contribution in [2.24, 2.45) is 5.73 Å². The molecule has 0 bridgehead atoms. The van der Waals surface area contributed by atoms with Crippen LogP contribution in [0.4, 0.5) is 0 Å². The summed E-state index contributed by atoms with van der Waals surface area (Å²) in [4.78, 5) is 11.1. The summed E-state index contributed by atoms with van der Waals surface area (Å²) in [6.45, 7) is 5.42. The number of ether oxygens (including phenoxy) is 1. The molecule has 1 rings (SSSR count). The third-order valence-electron chi connectivity index (χ3n) is 2.57. The van der Waals surface area contributed by atoms with Gasteiger partial charge in [-0.25, -0.2) is 0 Å². The zero-order chi connectivity index (χ0) is 13.0. The second kappa shape index (κ2) is 5.68. The summed E-state index contributed by atoms with van der Waals surface area (Å²) in [5.74, 6) is 0.0147. The van der Waals surface area contributed by atoms with E-state index in [-0.39, 0.29) is 0 Å². The van der Waals surface area contributed by atoms with Gasteiger partial charge in [0.2, 0.25) is 0 Å². The van der Waals surface area contributed by atoms with Gasteiger partial charge in [-0.3, -0.25) is 4.79 Å². The average Bonchev–Trinajstić information content (AvgIpc) is 2.26. The van der Waals surface area contributed by atoms with E-state index in [1.54, 1.807) is 13.0 Å². The molecule has 0 fully saturated rings. The van der Waals surface area contributed by atoms with Crippen LogP contribution in [0.15, 0.2) is 18.2 Å². The molecular weight excluding hydrogens is 218 g/mol. The predicted octanol–water partition coefficient (Wildman–Crippen LogP) is 1.69. The van der Waals surface area contributed by atoms with Crippen LogP contribution in [0.1, 0.15) is 37.5 Å². The molecule has 1 aromatic rings. The molecule has 0 aliphatic rings. The highest BCUT2D eigenvalue weighted by Crippen LogP contribution is 2.27. The molecule has 0 radical (unpaired) electrons. The summed E-state index contributed by atoms with van der Waals surface area (Å²) in [5.41, 5.74) is 6.92. The van der Waals surface area contributed by atoms with E-state index < -0.39 is 18.1 Å². The maximum absolute atomic E-state index is 11.1. The summed E-state index contributed by atoms with van der Waals surface area (Å²) in [6, 6.07) is 5.46. The molecule has 0 saturated carbocycles. The van der Waals surface area contributed by atoms with Crippen molar-refractivity contribution < 1.29 is 14.6 Å². The minimum Gasteiger partial charge on any atom is -0.480 e. The van der Waals surface area contributed by atoms with E-state index in [0.29, 0.717) is 17.7 Å². The lowest BCUT2D eigenvalue weighted by Crippen LogP contribution is -2.33. The van der Waals surface area contributed by atoms with Crippen molar-refractivity contribution in [2.75, 3.05) is 0 Å². The molecule has 94 valence electrons. The molecule has 0 spiro atoms. The van der Waals surface area contributed by atoms with Crippen LogP contribution in [0.5, 0.6) is 5.75 Å². The van der Waals surface area contributed by atoms with Gasteiger partial charge in [0, 0.05) is 5.56 Å². The Morgan fingerprint density at radius 1 is 1.53 bits per heavy atom. The molecule has 0 heterocycles. The number of primary amides is 1. The summed E-state index contributed by atoms with van der Waals surface area (Å²) in [7, 11) is 0. The van der Waals surface area contributed by atoms with Crippen LogP contribution in [-0.4, -0.2) is 17.1 Å². The molecule has 0 aromatic heterocycles. The second-order valence-corrected chi connectivity index (χ2v) is 4.13. The molecular formula is C13H19NO3. The van der Waals surface area contributed by atoms with Crippen molar-refractivity contribution in [1.29, 1.82) is 0 Å². The number of hydrogen-bond donors (Lipinski definition) is 2. The van der Waals surface area contributed by atoms with Gasteiger partial charge in [-0.2, -0.15) is 0 Å². The lowest BCUT2D eigenvalue weighted by molar-refractivity contribution is -0.124. The predicted molar refractivity (Wildman–Crippen MR) is 65.7 cm³/mol. The average molecular weight is 237 g/mol. The maximum Gasteiger partial charge on any atom is 0.258 e. The number of nitrogens with two attached hydrogens (primary N) is 1. The van der Waals surface area contributed by atoms with E-state index in [2.05, 4.69) is 0 Å². The van der Waals surface area contributed by atoms with E-state index in [1.165, 1.54) is 0 Å². The lowest BCUT2D eigenvalue weighted by Gasteiger charge is -2.18. The molecule has 1 amide bonds. The number of aryl methyl sites for hydroxylation is 1. The summed E-state index contributed by atoms with van der Waals surface area (Å²) in [6.07, 6.45) is -0.798. The lowest BCUT2D eigenvalue weighted by atomic mass is 10.1. The van der Waals surface area contributed by atoms with Crippen molar-refractivity contribution in [3.8, 4) is 5.75 Å². The number of aliphatic hydroxyl groups is 1. The highest BCUT2D eigenvalue weighted by atomic mass is 16.5. The Kier molecular flexibility index (Phi) is 4.52. The molecule has 0 saturated heterocycles. The van der Waals surface area contributed by atoms with Gasteiger partial charge in [-0.05, 0) is 32.4 Å². The van der Waals surface area contributed by atoms with E-state index in [4.69, 9.17) is 10.5 Å². The number of aliphatic hydroxyl groups excluding tert-OH is 1. The normalized spacial score (nSPS) is 14.1. The summed E-state index contributed by atoms with van der Waals surface area (Å²) in [5, 5.41) is 9.66. The quantitative estimate of drug-likeness (QED) is 0.818. The number of carbonyl (C=O) groups excluding carboxylic acids is 1. The van der Waals surface area contributed by atoms with Crippen molar-refractivity contribution in [1.82, 2.24) is 0 Å². The zero-order valence-corrected chi connectivity index (χ0v) is 10.4. The van der Waals surface area contributed by atoms with E-state index >= 15 is 0 Å². The largest absolute Gasteiger partial charge is 0.480 e. The summed E-state index contributed by atoms with van der Waals surface area (Å²) >= 11 is 0. The fraction of sp³-hybridized carbons (Fsp3) is 0.462. The monoisotopic (exact) mass is 237 g/mol. The second-order valence-electron chi connectivity index (χ2n) is 4.13. The van der Waals surface area contributed by atoms with Gasteiger partial charge < -0.3 is 15.6 Å². The number of hydrogen-bond acceptors (Lipinski definition) is 3. The van der Waals surface area contributed by atoms with Crippen LogP contribution in [0.25, 0.3) is 0 Å². The van der Waals surface area contributed by atoms with Gasteiger partial charge >= 0.3 is 0 Å². The topological polar surface area (TPSA) is 72.6 Å². The van der Waals surface area contributed by atoms with Gasteiger partial charge in [0.25, 0.3) is 5.91 Å². The first kappa shape index (κ1) is 13.5. The number of benzene rings is 1. The van der Waals surface area contributed by atoms with Gasteiger partial charge in [0.1, 0.15) is 5.75 Å². The maximum atomic E-state index is 11.1. The Labute approximate surface area is 101 Å². The number of carbonyl (C=O) groups is 1. The van der Waals surface area contributed by atoms with Crippen LogP contribution in [0, 0.1) is 6.92 Å². The fourth-order valence-corrected chi connectivity index (χ4v) is 1.60. The van der Waals surface area contributed by atoms with Crippen molar-refractivity contribution in [2.45, 2.75) is 39.4 Å². The first-order chi connectivity index (χ1) is 7.95. The van der Waals surface area contributed by atoms with Crippen LogP contribution in [0.3, 0.4) is 0 Å². The molecule has 2 unspecified atom stereocenters. The molecule has 0 aliphatic carbocycles. The Hall–Kier alpha value is -1.55. The molecule has 1 aromatic carbocycles. The smallest absolute Gasteiger partial charge is 0.258 e. The van der Waals surface area contributed by atoms with Crippen LogP contribution in [0.2, 0.25) is 0 Å². The first-order valence-corrected chi connectivity index (χ1v) is 5.70. The highest BCUT2D eigenvalue weighted by molar-refractivity contribution is 5.79. The molecule has 0 aliphatic heterocycles.